The number of carbonyl (C=O) groups excluding carboxylic acids is 2. The number of piperidine rings is 1. The van der Waals surface area contributed by atoms with E-state index in [1.54, 1.807) is 15.8 Å². The molecule has 7 heteroatoms. The van der Waals surface area contributed by atoms with Crippen molar-refractivity contribution in [2.45, 2.75) is 58.6 Å². The number of hydrogen-bond donors (Lipinski definition) is 1. The molecule has 0 bridgehead atoms. The number of rotatable bonds is 3. The topological polar surface area (TPSA) is 90.4 Å². The van der Waals surface area contributed by atoms with Crippen molar-refractivity contribution in [1.29, 1.82) is 0 Å². The summed E-state index contributed by atoms with van der Waals surface area (Å²) in [6.45, 7) is 8.70. The van der Waals surface area contributed by atoms with Gasteiger partial charge in [-0.15, -0.1) is 0 Å². The van der Waals surface area contributed by atoms with Crippen LogP contribution in [0.3, 0.4) is 0 Å². The summed E-state index contributed by atoms with van der Waals surface area (Å²) in [4.78, 5) is 25.4. The van der Waals surface area contributed by atoms with E-state index in [-0.39, 0.29) is 12.1 Å². The Morgan fingerprint density at radius 3 is 2.65 bits per heavy atom. The Labute approximate surface area is 136 Å². The number of likely N-dealkylation sites (tertiary alicyclic amines) is 1. The van der Waals surface area contributed by atoms with Gasteiger partial charge in [0.25, 0.3) is 5.91 Å². The van der Waals surface area contributed by atoms with Crippen LogP contribution in [-0.4, -0.2) is 45.4 Å². The van der Waals surface area contributed by atoms with Crippen LogP contribution in [0, 0.1) is 0 Å². The predicted octanol–water partition coefficient (Wildman–Crippen LogP) is 2.12. The smallest absolute Gasteiger partial charge is 0.410 e. The zero-order valence-corrected chi connectivity index (χ0v) is 14.3. The van der Waals surface area contributed by atoms with E-state index < -0.39 is 11.5 Å². The quantitative estimate of drug-likeness (QED) is 0.923. The summed E-state index contributed by atoms with van der Waals surface area (Å²) in [6, 6.07) is 0.0367. The van der Waals surface area contributed by atoms with Crippen molar-refractivity contribution >= 4 is 12.0 Å². The molecule has 0 radical (unpaired) electrons. The molecule has 0 saturated carbocycles. The molecule has 1 aliphatic heterocycles. The highest BCUT2D eigenvalue weighted by atomic mass is 16.6. The van der Waals surface area contributed by atoms with Gasteiger partial charge in [0.1, 0.15) is 5.60 Å². The summed E-state index contributed by atoms with van der Waals surface area (Å²) in [5, 5.41) is 4.48. The molecule has 1 aromatic heterocycles. The molecule has 0 spiro atoms. The predicted molar refractivity (Wildman–Crippen MR) is 86.2 cm³/mol. The Bertz CT molecular complexity index is 589. The fourth-order valence-corrected chi connectivity index (χ4v) is 2.75. The summed E-state index contributed by atoms with van der Waals surface area (Å²) in [7, 11) is 0. The molecule has 2 N–H and O–H groups in total. The molecule has 1 aromatic rings. The van der Waals surface area contributed by atoms with Crippen LogP contribution in [0.25, 0.3) is 0 Å². The maximum absolute atomic E-state index is 12.2. The van der Waals surface area contributed by atoms with Crippen LogP contribution in [0.2, 0.25) is 0 Å². The first-order valence-electron chi connectivity index (χ1n) is 8.07. The average molecular weight is 322 g/mol. The molecule has 1 aliphatic rings. The third kappa shape index (κ3) is 4.24. The Morgan fingerprint density at radius 2 is 2.13 bits per heavy atom. The van der Waals surface area contributed by atoms with Gasteiger partial charge in [-0.05, 0) is 40.0 Å². The van der Waals surface area contributed by atoms with Crippen LogP contribution in [0.4, 0.5) is 4.79 Å². The van der Waals surface area contributed by atoms with Gasteiger partial charge in [0.15, 0.2) is 0 Å². The monoisotopic (exact) mass is 322 g/mol. The Balaban J connectivity index is 2.12. The second kappa shape index (κ2) is 6.60. The van der Waals surface area contributed by atoms with E-state index in [2.05, 4.69) is 5.10 Å². The lowest BCUT2D eigenvalue weighted by Crippen LogP contribution is -2.43. The first-order chi connectivity index (χ1) is 10.7. The number of hydrogen-bond acceptors (Lipinski definition) is 4. The molecule has 1 fully saturated rings. The summed E-state index contributed by atoms with van der Waals surface area (Å²) >= 11 is 0. The third-order valence-corrected chi connectivity index (χ3v) is 3.83. The molecule has 1 unspecified atom stereocenters. The minimum Gasteiger partial charge on any atom is -0.444 e. The molecule has 0 aliphatic carbocycles. The van der Waals surface area contributed by atoms with Crippen LogP contribution in [0.1, 0.15) is 62.6 Å². The number of aryl methyl sites for hydroxylation is 1. The van der Waals surface area contributed by atoms with Gasteiger partial charge in [-0.2, -0.15) is 5.10 Å². The summed E-state index contributed by atoms with van der Waals surface area (Å²) in [5.41, 5.74) is 6.05. The van der Waals surface area contributed by atoms with E-state index in [0.29, 0.717) is 30.8 Å². The average Bonchev–Trinajstić information content (AvgIpc) is 2.90. The van der Waals surface area contributed by atoms with Crippen molar-refractivity contribution in [2.75, 3.05) is 13.1 Å². The van der Waals surface area contributed by atoms with Gasteiger partial charge in [0.05, 0.1) is 17.3 Å². The van der Waals surface area contributed by atoms with Gasteiger partial charge in [0, 0.05) is 19.3 Å². The number of ether oxygens (including phenoxy) is 1. The number of primary amides is 1. The first kappa shape index (κ1) is 17.3. The molecule has 23 heavy (non-hydrogen) atoms. The fourth-order valence-electron chi connectivity index (χ4n) is 2.75. The third-order valence-electron chi connectivity index (χ3n) is 3.83. The fraction of sp³-hybridized carbons (Fsp3) is 0.688. The van der Waals surface area contributed by atoms with Crippen LogP contribution < -0.4 is 5.73 Å². The van der Waals surface area contributed by atoms with Gasteiger partial charge in [0.2, 0.25) is 0 Å². The number of amides is 2. The highest BCUT2D eigenvalue weighted by Crippen LogP contribution is 2.24. The van der Waals surface area contributed by atoms with Crippen molar-refractivity contribution in [3.05, 3.63) is 17.5 Å². The van der Waals surface area contributed by atoms with Gasteiger partial charge >= 0.3 is 6.09 Å². The highest BCUT2D eigenvalue weighted by Gasteiger charge is 2.29. The highest BCUT2D eigenvalue weighted by molar-refractivity contribution is 5.93. The molecule has 2 rings (SSSR count). The molecule has 0 aromatic carbocycles. The zero-order chi connectivity index (χ0) is 17.2. The second-order valence-corrected chi connectivity index (χ2v) is 6.91. The van der Waals surface area contributed by atoms with Crippen LogP contribution >= 0.6 is 0 Å². The molecule has 7 nitrogen and oxygen atoms in total. The van der Waals surface area contributed by atoms with E-state index in [4.69, 9.17) is 10.5 Å². The minimum absolute atomic E-state index is 0.0367. The molecular weight excluding hydrogens is 296 g/mol. The van der Waals surface area contributed by atoms with Crippen LogP contribution in [0.15, 0.2) is 6.20 Å². The van der Waals surface area contributed by atoms with Crippen LogP contribution in [-0.2, 0) is 11.2 Å². The van der Waals surface area contributed by atoms with Crippen molar-refractivity contribution in [3.8, 4) is 0 Å². The number of carbonyl (C=O) groups is 2. The van der Waals surface area contributed by atoms with E-state index in [0.717, 1.165) is 12.8 Å². The van der Waals surface area contributed by atoms with Crippen molar-refractivity contribution in [3.63, 3.8) is 0 Å². The lowest BCUT2D eigenvalue weighted by molar-refractivity contribution is 0.0167. The number of aromatic nitrogens is 2. The number of nitrogens with two attached hydrogens (primary N) is 1. The lowest BCUT2D eigenvalue weighted by atomic mass is 10.1. The largest absolute Gasteiger partial charge is 0.444 e. The SMILES string of the molecule is CCc1nn(C2CCCN(C(=O)OC(C)(C)C)C2)cc1C(N)=O. The molecule has 2 heterocycles. The van der Waals surface area contributed by atoms with E-state index >= 15 is 0 Å². The van der Waals surface area contributed by atoms with E-state index in [1.807, 2.05) is 27.7 Å². The molecular formula is C16H26N4O3. The Hall–Kier alpha value is -2.05. The summed E-state index contributed by atoms with van der Waals surface area (Å²) in [5.74, 6) is -0.465. The van der Waals surface area contributed by atoms with Crippen molar-refractivity contribution < 1.29 is 14.3 Å². The molecule has 128 valence electrons. The van der Waals surface area contributed by atoms with Crippen LogP contribution in [0.5, 0.6) is 0 Å². The van der Waals surface area contributed by atoms with Gasteiger partial charge in [-0.25, -0.2) is 4.79 Å². The van der Waals surface area contributed by atoms with Crippen molar-refractivity contribution in [2.24, 2.45) is 5.73 Å². The minimum atomic E-state index is -0.510. The van der Waals surface area contributed by atoms with Gasteiger partial charge in [-0.3, -0.25) is 9.48 Å². The number of nitrogens with zero attached hydrogens (tertiary/aromatic N) is 3. The van der Waals surface area contributed by atoms with E-state index in [1.165, 1.54) is 0 Å². The lowest BCUT2D eigenvalue weighted by Gasteiger charge is -2.34. The zero-order valence-electron chi connectivity index (χ0n) is 14.3. The Morgan fingerprint density at radius 1 is 1.43 bits per heavy atom. The normalized spacial score (nSPS) is 18.8. The summed E-state index contributed by atoms with van der Waals surface area (Å²) in [6.07, 6.45) is 3.82. The standard InChI is InChI=1S/C16H26N4O3/c1-5-13-12(14(17)21)10-20(18-13)11-7-6-8-19(9-11)15(22)23-16(2,3)4/h10-11H,5-9H2,1-4H3,(H2,17,21). The Kier molecular flexibility index (Phi) is 4.97. The molecule has 2 amide bonds. The molecule has 1 atom stereocenters. The molecule has 1 saturated heterocycles. The second-order valence-electron chi connectivity index (χ2n) is 6.91. The van der Waals surface area contributed by atoms with Gasteiger partial charge in [-0.1, -0.05) is 6.92 Å². The van der Waals surface area contributed by atoms with Crippen molar-refractivity contribution in [1.82, 2.24) is 14.7 Å². The first-order valence-corrected chi connectivity index (χ1v) is 8.07. The summed E-state index contributed by atoms with van der Waals surface area (Å²) < 4.78 is 7.21. The maximum atomic E-state index is 12.2. The van der Waals surface area contributed by atoms with Gasteiger partial charge < -0.3 is 15.4 Å². The maximum Gasteiger partial charge on any atom is 0.410 e. The van der Waals surface area contributed by atoms with E-state index in [9.17, 15) is 9.59 Å².